The molecule has 1 aromatic carbocycles. The van der Waals surface area contributed by atoms with E-state index in [1.165, 1.54) is 5.56 Å². The first-order valence-electron chi connectivity index (χ1n) is 9.50. The molecule has 0 atom stereocenters. The predicted octanol–water partition coefficient (Wildman–Crippen LogP) is 2.02. The standard InChI is InChI=1S/C20H22ClN5O3/c1-12-3-5-14(6-4-12)11-26-16(21)15(13(2)24-26)17(27)25-9-7-20(8-10-25)18(28)22-19(29)23-20/h3-6H,7-11H2,1-2H3,(H2,22,23,28,29). The molecule has 1 spiro atoms. The molecule has 0 bridgehead atoms. The number of aryl methyl sites for hydroxylation is 2. The molecule has 2 aliphatic rings. The molecule has 2 saturated heterocycles. The van der Waals surface area contributed by atoms with Crippen LogP contribution >= 0.6 is 11.6 Å². The zero-order valence-electron chi connectivity index (χ0n) is 16.3. The van der Waals surface area contributed by atoms with Crippen LogP contribution in [0.1, 0.15) is 40.0 Å². The average molecular weight is 416 g/mol. The number of piperidine rings is 1. The van der Waals surface area contributed by atoms with Gasteiger partial charge in [0.2, 0.25) is 0 Å². The van der Waals surface area contributed by atoms with Gasteiger partial charge >= 0.3 is 6.03 Å². The van der Waals surface area contributed by atoms with Gasteiger partial charge in [0.1, 0.15) is 10.7 Å². The number of carbonyl (C=O) groups excluding carboxylic acids is 3. The number of carbonyl (C=O) groups is 3. The Balaban J connectivity index is 1.49. The third-order valence-corrected chi connectivity index (χ3v) is 6.04. The highest BCUT2D eigenvalue weighted by atomic mass is 35.5. The molecule has 0 unspecified atom stereocenters. The van der Waals surface area contributed by atoms with Crippen molar-refractivity contribution in [2.24, 2.45) is 0 Å². The van der Waals surface area contributed by atoms with E-state index in [-0.39, 0.29) is 11.8 Å². The maximum atomic E-state index is 13.1. The fraction of sp³-hybridized carbons (Fsp3) is 0.400. The van der Waals surface area contributed by atoms with Crippen molar-refractivity contribution in [3.05, 3.63) is 51.8 Å². The Labute approximate surface area is 173 Å². The Bertz CT molecular complexity index is 990. The number of urea groups is 1. The van der Waals surface area contributed by atoms with E-state index >= 15 is 0 Å². The lowest BCUT2D eigenvalue weighted by Gasteiger charge is -2.36. The fourth-order valence-corrected chi connectivity index (χ4v) is 4.21. The lowest BCUT2D eigenvalue weighted by atomic mass is 9.87. The summed E-state index contributed by atoms with van der Waals surface area (Å²) in [5.41, 5.74) is 2.25. The zero-order chi connectivity index (χ0) is 20.8. The summed E-state index contributed by atoms with van der Waals surface area (Å²) >= 11 is 6.52. The SMILES string of the molecule is Cc1ccc(Cn2nc(C)c(C(=O)N3CCC4(CC3)NC(=O)NC4=O)c2Cl)cc1. The van der Waals surface area contributed by atoms with Gasteiger partial charge in [0, 0.05) is 13.1 Å². The molecule has 152 valence electrons. The van der Waals surface area contributed by atoms with Crippen LogP contribution in [0.2, 0.25) is 5.15 Å². The Morgan fingerprint density at radius 3 is 2.41 bits per heavy atom. The number of imide groups is 1. The van der Waals surface area contributed by atoms with E-state index in [4.69, 9.17) is 11.6 Å². The first-order chi connectivity index (χ1) is 13.8. The van der Waals surface area contributed by atoms with Crippen LogP contribution in [0.15, 0.2) is 24.3 Å². The number of halogens is 1. The van der Waals surface area contributed by atoms with E-state index in [1.54, 1.807) is 16.5 Å². The second-order valence-electron chi connectivity index (χ2n) is 7.68. The van der Waals surface area contributed by atoms with Crippen LogP contribution in [-0.2, 0) is 11.3 Å². The molecule has 8 nitrogen and oxygen atoms in total. The number of amides is 4. The van der Waals surface area contributed by atoms with E-state index in [9.17, 15) is 14.4 Å². The van der Waals surface area contributed by atoms with E-state index in [1.807, 2.05) is 31.2 Å². The molecule has 4 rings (SSSR count). The highest BCUT2D eigenvalue weighted by Crippen LogP contribution is 2.29. The van der Waals surface area contributed by atoms with E-state index < -0.39 is 11.6 Å². The Morgan fingerprint density at radius 2 is 1.83 bits per heavy atom. The molecule has 9 heteroatoms. The number of nitrogens with one attached hydrogen (secondary N) is 2. The molecular formula is C20H22ClN5O3. The van der Waals surface area contributed by atoms with E-state index in [0.717, 1.165) is 5.56 Å². The summed E-state index contributed by atoms with van der Waals surface area (Å²) in [6, 6.07) is 7.58. The third kappa shape index (κ3) is 3.48. The van der Waals surface area contributed by atoms with Crippen LogP contribution in [0, 0.1) is 13.8 Å². The number of hydrogen-bond acceptors (Lipinski definition) is 4. The van der Waals surface area contributed by atoms with Crippen molar-refractivity contribution in [1.82, 2.24) is 25.3 Å². The molecule has 0 aliphatic carbocycles. The highest BCUT2D eigenvalue weighted by Gasteiger charge is 2.48. The highest BCUT2D eigenvalue weighted by molar-refractivity contribution is 6.33. The molecule has 2 fully saturated rings. The summed E-state index contributed by atoms with van der Waals surface area (Å²) in [4.78, 5) is 38.3. The van der Waals surface area contributed by atoms with Crippen LogP contribution in [0.4, 0.5) is 4.79 Å². The second kappa shape index (κ2) is 7.18. The van der Waals surface area contributed by atoms with Gasteiger partial charge in [0.25, 0.3) is 11.8 Å². The topological polar surface area (TPSA) is 96.3 Å². The lowest BCUT2D eigenvalue weighted by Crippen LogP contribution is -2.55. The van der Waals surface area contributed by atoms with Gasteiger partial charge in [0.15, 0.2) is 0 Å². The number of rotatable bonds is 3. The van der Waals surface area contributed by atoms with Crippen LogP contribution in [-0.4, -0.2) is 51.2 Å². The number of nitrogens with zero attached hydrogens (tertiary/aromatic N) is 3. The summed E-state index contributed by atoms with van der Waals surface area (Å²) in [5, 5.41) is 9.73. The molecule has 2 aromatic rings. The monoisotopic (exact) mass is 415 g/mol. The van der Waals surface area contributed by atoms with Crippen LogP contribution in [0.3, 0.4) is 0 Å². The molecule has 3 heterocycles. The van der Waals surface area contributed by atoms with Gasteiger partial charge in [-0.3, -0.25) is 14.9 Å². The summed E-state index contributed by atoms with van der Waals surface area (Å²) in [6.45, 7) is 4.97. The average Bonchev–Trinajstić information content (AvgIpc) is 3.11. The fourth-order valence-electron chi connectivity index (χ4n) is 3.90. The van der Waals surface area contributed by atoms with Gasteiger partial charge in [-0.15, -0.1) is 0 Å². The minimum atomic E-state index is -0.914. The largest absolute Gasteiger partial charge is 0.338 e. The molecule has 2 aliphatic heterocycles. The second-order valence-corrected chi connectivity index (χ2v) is 8.04. The lowest BCUT2D eigenvalue weighted by molar-refractivity contribution is -0.125. The van der Waals surface area contributed by atoms with Crippen molar-refractivity contribution in [1.29, 1.82) is 0 Å². The maximum absolute atomic E-state index is 13.1. The molecule has 2 N–H and O–H groups in total. The molecule has 0 radical (unpaired) electrons. The van der Waals surface area contributed by atoms with Crippen molar-refractivity contribution in [2.45, 2.75) is 38.8 Å². The Hall–Kier alpha value is -2.87. The number of hydrogen-bond donors (Lipinski definition) is 2. The minimum absolute atomic E-state index is 0.206. The first kappa shape index (κ1) is 19.4. The minimum Gasteiger partial charge on any atom is -0.338 e. The smallest absolute Gasteiger partial charge is 0.322 e. The van der Waals surface area contributed by atoms with Gasteiger partial charge < -0.3 is 10.2 Å². The zero-order valence-corrected chi connectivity index (χ0v) is 17.0. The van der Waals surface area contributed by atoms with Gasteiger partial charge in [-0.2, -0.15) is 5.10 Å². The molecule has 1 aromatic heterocycles. The quantitative estimate of drug-likeness (QED) is 0.749. The van der Waals surface area contributed by atoms with Crippen molar-refractivity contribution >= 4 is 29.4 Å². The van der Waals surface area contributed by atoms with Crippen molar-refractivity contribution in [3.8, 4) is 0 Å². The predicted molar refractivity (Wildman–Crippen MR) is 107 cm³/mol. The van der Waals surface area contributed by atoms with Crippen molar-refractivity contribution in [3.63, 3.8) is 0 Å². The maximum Gasteiger partial charge on any atom is 0.322 e. The van der Waals surface area contributed by atoms with Crippen LogP contribution in [0.5, 0.6) is 0 Å². The number of likely N-dealkylation sites (tertiary alicyclic amines) is 1. The summed E-state index contributed by atoms with van der Waals surface area (Å²) in [5.74, 6) is -0.531. The Morgan fingerprint density at radius 1 is 1.17 bits per heavy atom. The van der Waals surface area contributed by atoms with Gasteiger partial charge in [-0.05, 0) is 32.3 Å². The van der Waals surface area contributed by atoms with Crippen molar-refractivity contribution in [2.75, 3.05) is 13.1 Å². The van der Waals surface area contributed by atoms with Gasteiger partial charge in [0.05, 0.1) is 17.8 Å². The molecule has 29 heavy (non-hydrogen) atoms. The first-order valence-corrected chi connectivity index (χ1v) is 9.88. The van der Waals surface area contributed by atoms with Gasteiger partial charge in [-0.25, -0.2) is 9.48 Å². The summed E-state index contributed by atoms with van der Waals surface area (Å²) in [7, 11) is 0. The molecular weight excluding hydrogens is 394 g/mol. The van der Waals surface area contributed by atoms with E-state index in [0.29, 0.717) is 48.9 Å². The summed E-state index contributed by atoms with van der Waals surface area (Å²) in [6.07, 6.45) is 0.731. The number of aromatic nitrogens is 2. The van der Waals surface area contributed by atoms with Crippen LogP contribution in [0.25, 0.3) is 0 Å². The molecule has 4 amide bonds. The number of benzene rings is 1. The Kier molecular flexibility index (Phi) is 4.82. The third-order valence-electron chi connectivity index (χ3n) is 5.65. The normalized spacial score (nSPS) is 18.1. The van der Waals surface area contributed by atoms with Crippen molar-refractivity contribution < 1.29 is 14.4 Å². The summed E-state index contributed by atoms with van der Waals surface area (Å²) < 4.78 is 1.63. The van der Waals surface area contributed by atoms with E-state index in [2.05, 4.69) is 15.7 Å². The van der Waals surface area contributed by atoms with Gasteiger partial charge in [-0.1, -0.05) is 41.4 Å². The van der Waals surface area contributed by atoms with Crippen LogP contribution < -0.4 is 10.6 Å². The molecule has 0 saturated carbocycles.